The van der Waals surface area contributed by atoms with Crippen LogP contribution in [0.3, 0.4) is 0 Å². The van der Waals surface area contributed by atoms with Gasteiger partial charge in [0.15, 0.2) is 0 Å². The first-order valence-corrected chi connectivity index (χ1v) is 13.3. The fourth-order valence-corrected chi connectivity index (χ4v) is 3.62. The monoisotopic (exact) mass is 470 g/mol. The number of nitrogens with one attached hydrogen (secondary N) is 2. The normalized spacial score (nSPS) is 15.3. The summed E-state index contributed by atoms with van der Waals surface area (Å²) >= 11 is 0. The van der Waals surface area contributed by atoms with Crippen LogP contribution in [0.15, 0.2) is 11.1 Å². The number of carbonyl (C=O) groups is 1. The first kappa shape index (κ1) is 32.0. The summed E-state index contributed by atoms with van der Waals surface area (Å²) in [5.41, 5.74) is 3.40. The molecule has 0 aromatic heterocycles. The molecule has 0 saturated heterocycles. The van der Waals surface area contributed by atoms with Gasteiger partial charge < -0.3 is 24.6 Å². The van der Waals surface area contributed by atoms with Crippen LogP contribution in [0.2, 0.25) is 0 Å². The van der Waals surface area contributed by atoms with E-state index < -0.39 is 0 Å². The van der Waals surface area contributed by atoms with Crippen LogP contribution in [-0.4, -0.2) is 84.1 Å². The second-order valence-electron chi connectivity index (χ2n) is 10.5. The number of carbonyl (C=O) groups excluding carboxylic acids is 1. The molecule has 0 aliphatic carbocycles. The molecule has 0 aromatic carbocycles. The molecule has 0 saturated carbocycles. The van der Waals surface area contributed by atoms with Gasteiger partial charge in [-0.05, 0) is 37.6 Å². The third kappa shape index (κ3) is 18.1. The van der Waals surface area contributed by atoms with Gasteiger partial charge in [-0.3, -0.25) is 4.79 Å². The molecule has 0 bridgehead atoms. The van der Waals surface area contributed by atoms with E-state index in [9.17, 15) is 4.79 Å². The van der Waals surface area contributed by atoms with Crippen molar-refractivity contribution < 1.29 is 18.8 Å². The van der Waals surface area contributed by atoms with E-state index in [1.165, 1.54) is 32.2 Å². The molecule has 1 rings (SSSR count). The van der Waals surface area contributed by atoms with Crippen molar-refractivity contribution >= 4 is 5.91 Å². The summed E-state index contributed by atoms with van der Waals surface area (Å²) in [6, 6.07) is 0. The maximum atomic E-state index is 11.4. The fourth-order valence-electron chi connectivity index (χ4n) is 3.62. The molecule has 196 valence electrons. The number of rotatable bonds is 16. The molecule has 1 heterocycles. The van der Waals surface area contributed by atoms with Gasteiger partial charge in [0.25, 0.3) is 0 Å². The summed E-state index contributed by atoms with van der Waals surface area (Å²) < 4.78 is 11.7. The zero-order valence-electron chi connectivity index (χ0n) is 23.2. The Morgan fingerprint density at radius 1 is 1.00 bits per heavy atom. The Balaban J connectivity index is 0.000000676. The lowest BCUT2D eigenvalue weighted by atomic mass is 9.84. The van der Waals surface area contributed by atoms with Crippen LogP contribution >= 0.6 is 0 Å². The largest absolute Gasteiger partial charge is 0.379 e. The van der Waals surface area contributed by atoms with Gasteiger partial charge in [-0.1, -0.05) is 58.6 Å². The molecular formula is C27H56N3O3+. The average molecular weight is 471 g/mol. The SMILES string of the molecule is CCC(C)C1=C(C(C)C)CNCC1.CCCCCNC(=O)CCOCCOCC[N+](C)(C)C. The summed E-state index contributed by atoms with van der Waals surface area (Å²) in [6.07, 6.45) is 6.39. The number of hydrogen-bond donors (Lipinski definition) is 2. The Kier molecular flexibility index (Phi) is 18.8. The average Bonchev–Trinajstić information content (AvgIpc) is 2.77. The van der Waals surface area contributed by atoms with Crippen molar-refractivity contribution in [2.24, 2.45) is 11.8 Å². The summed E-state index contributed by atoms with van der Waals surface area (Å²) in [7, 11) is 6.41. The smallest absolute Gasteiger partial charge is 0.222 e. The van der Waals surface area contributed by atoms with Crippen LogP contribution in [-0.2, 0) is 14.3 Å². The highest BCUT2D eigenvalue weighted by Crippen LogP contribution is 2.27. The van der Waals surface area contributed by atoms with Crippen LogP contribution in [0.1, 0.15) is 73.1 Å². The molecule has 1 aliphatic rings. The minimum atomic E-state index is 0.0760. The molecule has 0 fully saturated rings. The van der Waals surface area contributed by atoms with Crippen LogP contribution in [0.25, 0.3) is 0 Å². The van der Waals surface area contributed by atoms with Gasteiger partial charge in [-0.2, -0.15) is 0 Å². The fraction of sp³-hybridized carbons (Fsp3) is 0.889. The van der Waals surface area contributed by atoms with Crippen molar-refractivity contribution in [2.45, 2.75) is 73.1 Å². The Hall–Kier alpha value is -0.950. The predicted octanol–water partition coefficient (Wildman–Crippen LogP) is 4.40. The van der Waals surface area contributed by atoms with Crippen molar-refractivity contribution in [3.63, 3.8) is 0 Å². The highest BCUT2D eigenvalue weighted by Gasteiger charge is 2.18. The van der Waals surface area contributed by atoms with Crippen molar-refractivity contribution in [3.05, 3.63) is 11.1 Å². The molecule has 1 atom stereocenters. The molecule has 0 aromatic rings. The Bertz CT molecular complexity index is 527. The van der Waals surface area contributed by atoms with E-state index in [2.05, 4.69) is 66.4 Å². The van der Waals surface area contributed by atoms with Gasteiger partial charge in [0.05, 0.1) is 47.6 Å². The quantitative estimate of drug-likeness (QED) is 0.199. The Morgan fingerprint density at radius 3 is 2.24 bits per heavy atom. The topological polar surface area (TPSA) is 59.6 Å². The van der Waals surface area contributed by atoms with Gasteiger partial charge >= 0.3 is 0 Å². The highest BCUT2D eigenvalue weighted by molar-refractivity contribution is 5.75. The second kappa shape index (κ2) is 19.4. The molecule has 33 heavy (non-hydrogen) atoms. The molecule has 6 nitrogen and oxygen atoms in total. The predicted molar refractivity (Wildman–Crippen MR) is 140 cm³/mol. The molecule has 1 amide bonds. The number of amides is 1. The number of likely N-dealkylation sites (N-methyl/N-ethyl adjacent to an activating group) is 1. The van der Waals surface area contributed by atoms with E-state index in [0.29, 0.717) is 26.2 Å². The lowest BCUT2D eigenvalue weighted by Gasteiger charge is -2.27. The summed E-state index contributed by atoms with van der Waals surface area (Å²) in [6.45, 7) is 17.9. The van der Waals surface area contributed by atoms with Crippen LogP contribution < -0.4 is 10.6 Å². The molecule has 2 N–H and O–H groups in total. The molecule has 1 aliphatic heterocycles. The van der Waals surface area contributed by atoms with Crippen molar-refractivity contribution in [3.8, 4) is 0 Å². The van der Waals surface area contributed by atoms with E-state index in [1.54, 1.807) is 11.1 Å². The third-order valence-electron chi connectivity index (χ3n) is 6.06. The van der Waals surface area contributed by atoms with Gasteiger partial charge in [0.2, 0.25) is 5.91 Å². The van der Waals surface area contributed by atoms with Gasteiger partial charge in [-0.25, -0.2) is 0 Å². The van der Waals surface area contributed by atoms with Crippen LogP contribution in [0.5, 0.6) is 0 Å². The van der Waals surface area contributed by atoms with E-state index in [1.807, 2.05) is 0 Å². The van der Waals surface area contributed by atoms with Gasteiger partial charge in [-0.15, -0.1) is 0 Å². The lowest BCUT2D eigenvalue weighted by Crippen LogP contribution is -2.37. The van der Waals surface area contributed by atoms with Crippen molar-refractivity contribution in [1.82, 2.24) is 10.6 Å². The minimum absolute atomic E-state index is 0.0760. The molecule has 6 heteroatoms. The molecular weight excluding hydrogens is 414 g/mol. The van der Waals surface area contributed by atoms with E-state index in [4.69, 9.17) is 9.47 Å². The van der Waals surface area contributed by atoms with Crippen LogP contribution in [0.4, 0.5) is 0 Å². The maximum Gasteiger partial charge on any atom is 0.222 e. The second-order valence-corrected chi connectivity index (χ2v) is 10.5. The standard InChI is InChI=1S/C15H32N2O3.C12H23N/c1-5-6-7-9-16-15(18)8-11-19-13-14-20-12-10-17(2,3)4;1-5-10(4)11-6-7-13-8-12(11)9(2)3/h5-14H2,1-4H3;9-10,13H,5-8H2,1-4H3/p+1. The number of unbranched alkanes of at least 4 members (excludes halogenated alkanes) is 2. The number of hydrogen-bond acceptors (Lipinski definition) is 4. The Labute approximate surface area is 205 Å². The van der Waals surface area contributed by atoms with Crippen LogP contribution in [0, 0.1) is 11.8 Å². The maximum absolute atomic E-state index is 11.4. The van der Waals surface area contributed by atoms with E-state index >= 15 is 0 Å². The third-order valence-corrected chi connectivity index (χ3v) is 6.06. The van der Waals surface area contributed by atoms with Crippen molar-refractivity contribution in [1.29, 1.82) is 0 Å². The van der Waals surface area contributed by atoms with Gasteiger partial charge in [0.1, 0.15) is 6.54 Å². The summed E-state index contributed by atoms with van der Waals surface area (Å²) in [5, 5.41) is 6.36. The van der Waals surface area contributed by atoms with Gasteiger partial charge in [0, 0.05) is 19.5 Å². The minimum Gasteiger partial charge on any atom is -0.379 e. The van der Waals surface area contributed by atoms with E-state index in [0.717, 1.165) is 49.0 Å². The first-order valence-electron chi connectivity index (χ1n) is 13.3. The first-order chi connectivity index (χ1) is 15.6. The number of quaternary nitrogens is 1. The molecule has 0 radical (unpaired) electrons. The number of nitrogens with zero attached hydrogens (tertiary/aromatic N) is 1. The lowest BCUT2D eigenvalue weighted by molar-refractivity contribution is -0.870. The highest BCUT2D eigenvalue weighted by atomic mass is 16.5. The Morgan fingerprint density at radius 2 is 1.67 bits per heavy atom. The van der Waals surface area contributed by atoms with E-state index in [-0.39, 0.29) is 5.91 Å². The molecule has 0 spiro atoms. The zero-order valence-corrected chi connectivity index (χ0v) is 23.2. The van der Waals surface area contributed by atoms with Crippen molar-refractivity contribution in [2.75, 3.05) is 73.7 Å². The molecule has 1 unspecified atom stereocenters. The summed E-state index contributed by atoms with van der Waals surface area (Å²) in [5.74, 6) is 1.59. The summed E-state index contributed by atoms with van der Waals surface area (Å²) in [4.78, 5) is 11.4. The zero-order chi connectivity index (χ0) is 25.1. The number of ether oxygens (including phenoxy) is 2.